The zero-order chi connectivity index (χ0) is 14.7. The largest absolute Gasteiger partial charge is 0.369 e. The Hall–Kier alpha value is -1.13. The summed E-state index contributed by atoms with van der Waals surface area (Å²) < 4.78 is 1.12. The number of halogens is 1. The third-order valence-corrected chi connectivity index (χ3v) is 4.83. The van der Waals surface area contributed by atoms with Crippen LogP contribution in [0.5, 0.6) is 0 Å². The van der Waals surface area contributed by atoms with Crippen molar-refractivity contribution in [3.63, 3.8) is 0 Å². The second-order valence-electron chi connectivity index (χ2n) is 5.99. The van der Waals surface area contributed by atoms with Crippen molar-refractivity contribution >= 4 is 32.5 Å². The average molecular weight is 348 g/mol. The van der Waals surface area contributed by atoms with E-state index in [4.69, 9.17) is 0 Å². The molecule has 112 valence electrons. The van der Waals surface area contributed by atoms with Gasteiger partial charge in [-0.2, -0.15) is 0 Å². The maximum absolute atomic E-state index is 4.51. The SMILES string of the molecule is CC(CNc1nccc2c(Br)cccc12)CN1CCCC1. The number of pyridine rings is 1. The number of nitrogens with zero attached hydrogens (tertiary/aromatic N) is 2. The smallest absolute Gasteiger partial charge is 0.133 e. The van der Waals surface area contributed by atoms with Gasteiger partial charge in [0.15, 0.2) is 0 Å². The monoisotopic (exact) mass is 347 g/mol. The van der Waals surface area contributed by atoms with Crippen molar-refractivity contribution < 1.29 is 0 Å². The van der Waals surface area contributed by atoms with Gasteiger partial charge in [0.2, 0.25) is 0 Å². The minimum Gasteiger partial charge on any atom is -0.369 e. The molecule has 0 amide bonds. The molecule has 0 aliphatic carbocycles. The second kappa shape index (κ2) is 6.75. The van der Waals surface area contributed by atoms with Crippen LogP contribution in [-0.4, -0.2) is 36.1 Å². The highest BCUT2D eigenvalue weighted by molar-refractivity contribution is 9.10. The van der Waals surface area contributed by atoms with Crippen molar-refractivity contribution in [2.24, 2.45) is 5.92 Å². The van der Waals surface area contributed by atoms with E-state index < -0.39 is 0 Å². The summed E-state index contributed by atoms with van der Waals surface area (Å²) in [6.07, 6.45) is 4.60. The fraction of sp³-hybridized carbons (Fsp3) is 0.471. The molecule has 0 bridgehead atoms. The standard InChI is InChI=1S/C17H22BrN3/c1-13(12-21-9-2-3-10-21)11-20-17-15-5-4-6-16(18)14(15)7-8-19-17/h4-8,13H,2-3,9-12H2,1H3,(H,19,20). The zero-order valence-corrected chi connectivity index (χ0v) is 14.1. The van der Waals surface area contributed by atoms with E-state index >= 15 is 0 Å². The van der Waals surface area contributed by atoms with Crippen LogP contribution in [0.3, 0.4) is 0 Å². The Labute approximate surface area is 134 Å². The summed E-state index contributed by atoms with van der Waals surface area (Å²) in [7, 11) is 0. The fourth-order valence-corrected chi connectivity index (χ4v) is 3.55. The van der Waals surface area contributed by atoms with E-state index in [1.54, 1.807) is 0 Å². The summed E-state index contributed by atoms with van der Waals surface area (Å²) in [5.41, 5.74) is 0. The van der Waals surface area contributed by atoms with Gasteiger partial charge in [-0.05, 0) is 44.0 Å². The Morgan fingerprint density at radius 2 is 2.05 bits per heavy atom. The van der Waals surface area contributed by atoms with Crippen LogP contribution in [0.25, 0.3) is 10.8 Å². The average Bonchev–Trinajstić information content (AvgIpc) is 2.98. The molecule has 1 aromatic carbocycles. The maximum Gasteiger partial charge on any atom is 0.133 e. The summed E-state index contributed by atoms with van der Waals surface area (Å²) in [5, 5.41) is 5.92. The lowest BCUT2D eigenvalue weighted by molar-refractivity contribution is 0.294. The molecule has 1 atom stereocenters. The molecule has 1 aliphatic heterocycles. The highest BCUT2D eigenvalue weighted by Gasteiger charge is 2.14. The van der Waals surface area contributed by atoms with Crippen molar-refractivity contribution in [2.45, 2.75) is 19.8 Å². The number of hydrogen-bond acceptors (Lipinski definition) is 3. The summed E-state index contributed by atoms with van der Waals surface area (Å²) >= 11 is 3.61. The minimum atomic E-state index is 0.632. The van der Waals surface area contributed by atoms with Gasteiger partial charge < -0.3 is 10.2 Å². The van der Waals surface area contributed by atoms with Crippen LogP contribution in [0.2, 0.25) is 0 Å². The number of anilines is 1. The number of nitrogens with one attached hydrogen (secondary N) is 1. The van der Waals surface area contributed by atoms with E-state index in [2.05, 4.69) is 62.3 Å². The summed E-state index contributed by atoms with van der Waals surface area (Å²) in [4.78, 5) is 7.08. The second-order valence-corrected chi connectivity index (χ2v) is 6.84. The number of rotatable bonds is 5. The van der Waals surface area contributed by atoms with Crippen LogP contribution >= 0.6 is 15.9 Å². The van der Waals surface area contributed by atoms with E-state index in [0.29, 0.717) is 5.92 Å². The molecule has 21 heavy (non-hydrogen) atoms. The first-order chi connectivity index (χ1) is 10.2. The minimum absolute atomic E-state index is 0.632. The van der Waals surface area contributed by atoms with Gasteiger partial charge in [-0.25, -0.2) is 4.98 Å². The molecule has 0 spiro atoms. The van der Waals surface area contributed by atoms with Gasteiger partial charge >= 0.3 is 0 Å². The predicted molar refractivity (Wildman–Crippen MR) is 92.8 cm³/mol. The summed E-state index contributed by atoms with van der Waals surface area (Å²) in [6, 6.07) is 8.31. The topological polar surface area (TPSA) is 28.2 Å². The number of likely N-dealkylation sites (tertiary alicyclic amines) is 1. The van der Waals surface area contributed by atoms with Gasteiger partial charge in [-0.1, -0.05) is 35.0 Å². The van der Waals surface area contributed by atoms with E-state index in [-0.39, 0.29) is 0 Å². The quantitative estimate of drug-likeness (QED) is 0.880. The first-order valence-corrected chi connectivity index (χ1v) is 8.53. The van der Waals surface area contributed by atoms with E-state index in [1.165, 1.54) is 43.2 Å². The zero-order valence-electron chi connectivity index (χ0n) is 12.5. The Morgan fingerprint density at radius 3 is 2.86 bits per heavy atom. The lowest BCUT2D eigenvalue weighted by Crippen LogP contribution is -2.29. The van der Waals surface area contributed by atoms with E-state index in [1.807, 2.05) is 6.20 Å². The van der Waals surface area contributed by atoms with Crippen molar-refractivity contribution in [2.75, 3.05) is 31.5 Å². The molecule has 1 N–H and O–H groups in total. The van der Waals surface area contributed by atoms with Gasteiger partial charge in [0.1, 0.15) is 5.82 Å². The number of aromatic nitrogens is 1. The third-order valence-electron chi connectivity index (χ3n) is 4.14. The Morgan fingerprint density at radius 1 is 1.24 bits per heavy atom. The highest BCUT2D eigenvalue weighted by atomic mass is 79.9. The number of fused-ring (bicyclic) bond motifs is 1. The van der Waals surface area contributed by atoms with E-state index in [9.17, 15) is 0 Å². The van der Waals surface area contributed by atoms with Gasteiger partial charge in [0.25, 0.3) is 0 Å². The van der Waals surface area contributed by atoms with Crippen LogP contribution < -0.4 is 5.32 Å². The Bertz CT molecular complexity index is 608. The lowest BCUT2D eigenvalue weighted by atomic mass is 10.1. The molecule has 0 radical (unpaired) electrons. The van der Waals surface area contributed by atoms with Gasteiger partial charge in [0, 0.05) is 34.5 Å². The molecule has 3 rings (SSSR count). The molecule has 1 saturated heterocycles. The van der Waals surface area contributed by atoms with Crippen LogP contribution in [-0.2, 0) is 0 Å². The molecule has 0 saturated carbocycles. The molecule has 1 unspecified atom stereocenters. The molecule has 3 nitrogen and oxygen atoms in total. The summed E-state index contributed by atoms with van der Waals surface area (Å²) in [5.74, 6) is 1.62. The summed E-state index contributed by atoms with van der Waals surface area (Å²) in [6.45, 7) is 7.00. The normalized spacial score (nSPS) is 17.2. The first-order valence-electron chi connectivity index (χ1n) is 7.73. The van der Waals surface area contributed by atoms with E-state index in [0.717, 1.165) is 16.8 Å². The third kappa shape index (κ3) is 3.55. The van der Waals surface area contributed by atoms with Gasteiger partial charge in [-0.15, -0.1) is 0 Å². The molecular weight excluding hydrogens is 326 g/mol. The molecule has 2 heterocycles. The van der Waals surface area contributed by atoms with Crippen molar-refractivity contribution in [3.05, 3.63) is 34.9 Å². The molecule has 1 fully saturated rings. The Kier molecular flexibility index (Phi) is 4.76. The number of hydrogen-bond donors (Lipinski definition) is 1. The van der Waals surface area contributed by atoms with Crippen molar-refractivity contribution in [1.29, 1.82) is 0 Å². The Balaban J connectivity index is 1.66. The van der Waals surface area contributed by atoms with Crippen LogP contribution in [0.15, 0.2) is 34.9 Å². The first kappa shape index (κ1) is 14.8. The van der Waals surface area contributed by atoms with Gasteiger partial charge in [0.05, 0.1) is 0 Å². The molecule has 2 aromatic rings. The van der Waals surface area contributed by atoms with Crippen LogP contribution in [0.4, 0.5) is 5.82 Å². The van der Waals surface area contributed by atoms with Crippen molar-refractivity contribution in [3.8, 4) is 0 Å². The maximum atomic E-state index is 4.51. The lowest BCUT2D eigenvalue weighted by Gasteiger charge is -2.21. The van der Waals surface area contributed by atoms with Crippen molar-refractivity contribution in [1.82, 2.24) is 9.88 Å². The fourth-order valence-electron chi connectivity index (χ4n) is 3.05. The molecular formula is C17H22BrN3. The van der Waals surface area contributed by atoms with Crippen LogP contribution in [0, 0.1) is 5.92 Å². The predicted octanol–water partition coefficient (Wildman–Crippen LogP) is 4.14. The highest BCUT2D eigenvalue weighted by Crippen LogP contribution is 2.27. The van der Waals surface area contributed by atoms with Gasteiger partial charge in [-0.3, -0.25) is 0 Å². The number of benzene rings is 1. The molecule has 1 aliphatic rings. The molecule has 4 heteroatoms. The molecule has 1 aromatic heterocycles. The van der Waals surface area contributed by atoms with Crippen LogP contribution in [0.1, 0.15) is 19.8 Å².